The highest BCUT2D eigenvalue weighted by Gasteiger charge is 2.21. The van der Waals surface area contributed by atoms with E-state index in [9.17, 15) is 0 Å². The summed E-state index contributed by atoms with van der Waals surface area (Å²) in [6, 6.07) is 13.8. The summed E-state index contributed by atoms with van der Waals surface area (Å²) in [6.07, 6.45) is 0. The highest BCUT2D eigenvalue weighted by atomic mass is 15.6. The van der Waals surface area contributed by atoms with Crippen LogP contribution >= 0.6 is 0 Å². The Kier molecular flexibility index (Phi) is 3.60. The summed E-state index contributed by atoms with van der Waals surface area (Å²) in [5.41, 5.74) is 16.9. The summed E-state index contributed by atoms with van der Waals surface area (Å²) in [6.45, 7) is 4.49. The van der Waals surface area contributed by atoms with E-state index in [2.05, 4.69) is 22.4 Å². The molecular weight excluding hydrogens is 276 g/mol. The molecule has 0 atom stereocenters. The number of aromatic nitrogens is 4. The van der Waals surface area contributed by atoms with Crippen molar-refractivity contribution < 1.29 is 4.68 Å². The lowest BCUT2D eigenvalue weighted by Gasteiger charge is -2.09. The van der Waals surface area contributed by atoms with Crippen molar-refractivity contribution in [3.8, 4) is 11.4 Å². The first kappa shape index (κ1) is 14.2. The van der Waals surface area contributed by atoms with Gasteiger partial charge in [-0.2, -0.15) is 0 Å². The topological polar surface area (TPSA) is 86.6 Å². The number of nitrogens with two attached hydrogens (primary N) is 2. The summed E-state index contributed by atoms with van der Waals surface area (Å²) in [5, 5.41) is 8.79. The molecule has 0 aliphatic heterocycles. The van der Waals surface area contributed by atoms with E-state index >= 15 is 0 Å². The molecule has 0 unspecified atom stereocenters. The summed E-state index contributed by atoms with van der Waals surface area (Å²) in [7, 11) is 0. The van der Waals surface area contributed by atoms with Gasteiger partial charge >= 0.3 is 5.95 Å². The van der Waals surface area contributed by atoms with Crippen LogP contribution in [-0.2, 0) is 6.54 Å². The number of hydrogen-bond donors (Lipinski definition) is 2. The van der Waals surface area contributed by atoms with Gasteiger partial charge in [-0.3, -0.25) is 0 Å². The first-order valence-corrected chi connectivity index (χ1v) is 7.11. The fourth-order valence-corrected chi connectivity index (χ4v) is 2.63. The predicted molar refractivity (Wildman–Crippen MR) is 84.7 cm³/mol. The van der Waals surface area contributed by atoms with E-state index in [0.29, 0.717) is 12.5 Å². The molecule has 22 heavy (non-hydrogen) atoms. The van der Waals surface area contributed by atoms with E-state index in [1.807, 2.05) is 44.2 Å². The van der Waals surface area contributed by atoms with Gasteiger partial charge in [0.05, 0.1) is 5.10 Å². The zero-order chi connectivity index (χ0) is 15.7. The number of rotatable bonds is 3. The standard InChI is InChI=1S/C16H19N6/c1-11-8-12(2)15(13(9-11)10-17)21-16(18)19-22(20-21)14-6-4-3-5-7-14/h3-9H,10,17H2,1-2H3,(H2,18,19,20)/q+1. The third kappa shape index (κ3) is 2.44. The fraction of sp³-hybridized carbons (Fsp3) is 0.188. The first-order valence-electron chi connectivity index (χ1n) is 7.11. The van der Waals surface area contributed by atoms with E-state index < -0.39 is 0 Å². The molecule has 6 nitrogen and oxygen atoms in total. The second-order valence-corrected chi connectivity index (χ2v) is 5.28. The Balaban J connectivity index is 2.16. The summed E-state index contributed by atoms with van der Waals surface area (Å²) in [5.74, 6) is 0.325. The Bertz CT molecular complexity index is 807. The molecule has 0 fully saturated rings. The predicted octanol–water partition coefficient (Wildman–Crippen LogP) is 1.20. The van der Waals surface area contributed by atoms with Gasteiger partial charge < -0.3 is 11.5 Å². The first-order chi connectivity index (χ1) is 10.6. The van der Waals surface area contributed by atoms with Crippen LogP contribution in [0.4, 0.5) is 5.95 Å². The smallest absolute Gasteiger partial charge is 0.326 e. The Morgan fingerprint density at radius 3 is 2.55 bits per heavy atom. The van der Waals surface area contributed by atoms with Crippen LogP contribution in [0, 0.1) is 13.8 Å². The van der Waals surface area contributed by atoms with Crippen molar-refractivity contribution in [1.29, 1.82) is 0 Å². The lowest BCUT2D eigenvalue weighted by atomic mass is 10.0. The van der Waals surface area contributed by atoms with Gasteiger partial charge in [-0.15, -0.1) is 0 Å². The van der Waals surface area contributed by atoms with Gasteiger partial charge in [0.1, 0.15) is 11.4 Å². The summed E-state index contributed by atoms with van der Waals surface area (Å²) >= 11 is 0. The van der Waals surface area contributed by atoms with Gasteiger partial charge in [-0.25, -0.2) is 0 Å². The number of nitrogens with zero attached hydrogens (tertiary/aromatic N) is 4. The Labute approximate surface area is 129 Å². The molecule has 112 valence electrons. The molecule has 4 N–H and O–H groups in total. The number of nitrogen functional groups attached to an aromatic ring is 1. The van der Waals surface area contributed by atoms with E-state index in [1.165, 1.54) is 4.80 Å². The average Bonchev–Trinajstić information content (AvgIpc) is 2.89. The monoisotopic (exact) mass is 295 g/mol. The zero-order valence-corrected chi connectivity index (χ0v) is 12.7. The van der Waals surface area contributed by atoms with Crippen molar-refractivity contribution in [2.75, 3.05) is 5.73 Å². The number of benzene rings is 2. The van der Waals surface area contributed by atoms with Gasteiger partial charge in [0, 0.05) is 17.3 Å². The molecule has 3 rings (SSSR count). The highest BCUT2D eigenvalue weighted by molar-refractivity contribution is 5.44. The number of hydrogen-bond acceptors (Lipinski definition) is 4. The molecular formula is C16H19N6+. The van der Waals surface area contributed by atoms with Crippen LogP contribution in [0.15, 0.2) is 42.5 Å². The number of anilines is 1. The Hall–Kier alpha value is -2.73. The summed E-state index contributed by atoms with van der Waals surface area (Å²) in [4.78, 5) is 1.52. The van der Waals surface area contributed by atoms with Crippen molar-refractivity contribution >= 4 is 5.95 Å². The third-order valence-electron chi connectivity index (χ3n) is 3.53. The molecule has 0 radical (unpaired) electrons. The lowest BCUT2D eigenvalue weighted by Crippen LogP contribution is -2.39. The minimum Gasteiger partial charge on any atom is -0.326 e. The van der Waals surface area contributed by atoms with Crippen molar-refractivity contribution in [3.05, 3.63) is 59.2 Å². The van der Waals surface area contributed by atoms with Crippen molar-refractivity contribution in [2.24, 2.45) is 5.73 Å². The third-order valence-corrected chi connectivity index (χ3v) is 3.53. The normalized spacial score (nSPS) is 10.9. The van der Waals surface area contributed by atoms with E-state index in [0.717, 1.165) is 28.1 Å². The number of aryl methyl sites for hydroxylation is 2. The van der Waals surface area contributed by atoms with E-state index in [-0.39, 0.29) is 0 Å². The maximum absolute atomic E-state index is 6.07. The minimum absolute atomic E-state index is 0.325. The quantitative estimate of drug-likeness (QED) is 0.711. The Morgan fingerprint density at radius 2 is 1.86 bits per heavy atom. The lowest BCUT2D eigenvalue weighted by molar-refractivity contribution is -0.648. The molecule has 0 amide bonds. The van der Waals surface area contributed by atoms with Gasteiger partial charge in [-0.1, -0.05) is 40.6 Å². The second-order valence-electron chi connectivity index (χ2n) is 5.28. The minimum atomic E-state index is 0.325. The summed E-state index contributed by atoms with van der Waals surface area (Å²) < 4.78 is 1.64. The van der Waals surface area contributed by atoms with Crippen LogP contribution in [0.25, 0.3) is 11.4 Å². The van der Waals surface area contributed by atoms with Gasteiger partial charge in [-0.05, 0) is 36.3 Å². The molecule has 0 aliphatic rings. The van der Waals surface area contributed by atoms with Crippen molar-refractivity contribution in [3.63, 3.8) is 0 Å². The molecule has 1 aromatic heterocycles. The SMILES string of the molecule is Cc1cc(C)c(-[n+]2nn(-c3ccccc3)nc2N)c(CN)c1. The van der Waals surface area contributed by atoms with Gasteiger partial charge in [0.15, 0.2) is 0 Å². The average molecular weight is 295 g/mol. The molecule has 0 aliphatic carbocycles. The molecule has 3 aromatic rings. The van der Waals surface area contributed by atoms with Crippen LogP contribution < -0.4 is 16.1 Å². The molecule has 1 heterocycles. The highest BCUT2D eigenvalue weighted by Crippen LogP contribution is 2.17. The van der Waals surface area contributed by atoms with Crippen LogP contribution in [0.5, 0.6) is 0 Å². The molecule has 0 spiro atoms. The molecule has 0 saturated heterocycles. The number of para-hydroxylation sites is 1. The molecule has 0 bridgehead atoms. The van der Waals surface area contributed by atoms with Crippen LogP contribution in [0.3, 0.4) is 0 Å². The van der Waals surface area contributed by atoms with Crippen molar-refractivity contribution in [1.82, 2.24) is 15.1 Å². The van der Waals surface area contributed by atoms with Crippen LogP contribution in [0.2, 0.25) is 0 Å². The van der Waals surface area contributed by atoms with E-state index in [1.54, 1.807) is 4.68 Å². The maximum atomic E-state index is 6.07. The second kappa shape index (κ2) is 5.57. The molecule has 6 heteroatoms. The van der Waals surface area contributed by atoms with Crippen molar-refractivity contribution in [2.45, 2.75) is 20.4 Å². The zero-order valence-electron chi connectivity index (χ0n) is 12.7. The van der Waals surface area contributed by atoms with Gasteiger partial charge in [0.2, 0.25) is 0 Å². The maximum Gasteiger partial charge on any atom is 0.401 e. The molecule has 0 saturated carbocycles. The van der Waals surface area contributed by atoms with Gasteiger partial charge in [0.25, 0.3) is 0 Å². The van der Waals surface area contributed by atoms with Crippen LogP contribution in [-0.4, -0.2) is 15.1 Å². The van der Waals surface area contributed by atoms with E-state index in [4.69, 9.17) is 11.5 Å². The van der Waals surface area contributed by atoms with Crippen LogP contribution in [0.1, 0.15) is 16.7 Å². The number of tetrazole rings is 1. The molecule has 2 aromatic carbocycles. The largest absolute Gasteiger partial charge is 0.401 e. The Morgan fingerprint density at radius 1 is 1.14 bits per heavy atom. The fourth-order valence-electron chi connectivity index (χ4n) is 2.63.